The molecule has 1 aromatic carbocycles. The van der Waals surface area contributed by atoms with Crippen LogP contribution >= 0.6 is 0 Å². The number of aryl methyl sites for hydroxylation is 1. The highest BCUT2D eigenvalue weighted by Crippen LogP contribution is 2.33. The molecule has 4 rings (SSSR count). The van der Waals surface area contributed by atoms with Crippen LogP contribution in [0, 0.1) is 0 Å². The molecule has 4 N–H and O–H groups in total. The van der Waals surface area contributed by atoms with Crippen molar-refractivity contribution in [1.82, 2.24) is 14.9 Å². The van der Waals surface area contributed by atoms with E-state index in [9.17, 15) is 19.8 Å². The lowest BCUT2D eigenvalue weighted by Crippen LogP contribution is -2.34. The number of aromatic carboxylic acids is 1. The fourth-order valence-electron chi connectivity index (χ4n) is 4.19. The summed E-state index contributed by atoms with van der Waals surface area (Å²) in [6.07, 6.45) is 2.49. The molecule has 0 amide bonds. The third kappa shape index (κ3) is 2.79. The fourth-order valence-corrected chi connectivity index (χ4v) is 4.19. The average Bonchev–Trinajstić information content (AvgIpc) is 3.04. The van der Waals surface area contributed by atoms with E-state index in [1.807, 2.05) is 32.2 Å². The first-order valence-corrected chi connectivity index (χ1v) is 9.45. The summed E-state index contributed by atoms with van der Waals surface area (Å²) in [4.78, 5) is 26.2. The number of aromatic hydroxyl groups is 1. The van der Waals surface area contributed by atoms with Crippen LogP contribution in [0.15, 0.2) is 29.1 Å². The molecule has 0 radical (unpaired) electrons. The van der Waals surface area contributed by atoms with Crippen LogP contribution in [0.2, 0.25) is 0 Å². The molecule has 0 saturated carbocycles. The van der Waals surface area contributed by atoms with Gasteiger partial charge in [0.1, 0.15) is 5.75 Å². The number of H-pyrrole nitrogens is 1. The van der Waals surface area contributed by atoms with Gasteiger partial charge in [-0.3, -0.25) is 4.79 Å². The minimum absolute atomic E-state index is 0.395. The molecule has 3 heterocycles. The van der Waals surface area contributed by atoms with Gasteiger partial charge in [-0.15, -0.1) is 0 Å². The van der Waals surface area contributed by atoms with E-state index in [0.29, 0.717) is 23.7 Å². The second-order valence-corrected chi connectivity index (χ2v) is 7.23. The number of pyridine rings is 1. The lowest BCUT2D eigenvalue weighted by Gasteiger charge is -2.24. The topological polar surface area (TPSA) is 107 Å². The standard InChI is InChI=1S/C21H23N3O4/c1-3-15-18(23-20(26)17(19(15)25)21(27)28)11-4-7-16-12(8-11)9-14-6-5-13(22-2)10-24(14)16/h4,7-9,13,22H,3,5-6,10H2,1-2H3,(H,27,28)(H2,23,25,26). The highest BCUT2D eigenvalue weighted by Gasteiger charge is 2.23. The average molecular weight is 381 g/mol. The largest absolute Gasteiger partial charge is 0.506 e. The number of rotatable bonds is 4. The first kappa shape index (κ1) is 18.3. The summed E-state index contributed by atoms with van der Waals surface area (Å²) in [5.74, 6) is -1.89. The van der Waals surface area contributed by atoms with Crippen molar-refractivity contribution in [3.63, 3.8) is 0 Å². The van der Waals surface area contributed by atoms with Crippen LogP contribution in [0.1, 0.15) is 35.0 Å². The zero-order valence-electron chi connectivity index (χ0n) is 15.9. The Morgan fingerprint density at radius 1 is 1.36 bits per heavy atom. The molecule has 2 aromatic heterocycles. The summed E-state index contributed by atoms with van der Waals surface area (Å²) in [6.45, 7) is 2.73. The van der Waals surface area contributed by atoms with Gasteiger partial charge in [0.15, 0.2) is 5.56 Å². The summed E-state index contributed by atoms with van der Waals surface area (Å²) in [5.41, 5.74) is 2.65. The van der Waals surface area contributed by atoms with Gasteiger partial charge in [0.25, 0.3) is 5.56 Å². The molecular weight excluding hydrogens is 358 g/mol. The Hall–Kier alpha value is -3.06. The number of carbonyl (C=O) groups is 1. The molecule has 1 unspecified atom stereocenters. The van der Waals surface area contributed by atoms with Crippen LogP contribution in [0.4, 0.5) is 0 Å². The van der Waals surface area contributed by atoms with E-state index < -0.39 is 22.8 Å². The molecule has 7 heteroatoms. The Balaban J connectivity index is 1.87. The van der Waals surface area contributed by atoms with Crippen LogP contribution in [0.5, 0.6) is 5.75 Å². The van der Waals surface area contributed by atoms with E-state index in [0.717, 1.165) is 35.9 Å². The smallest absolute Gasteiger partial charge is 0.345 e. The summed E-state index contributed by atoms with van der Waals surface area (Å²) >= 11 is 0. The molecule has 7 nitrogen and oxygen atoms in total. The Morgan fingerprint density at radius 3 is 2.82 bits per heavy atom. The van der Waals surface area contributed by atoms with Crippen molar-refractivity contribution in [2.45, 2.75) is 38.8 Å². The molecule has 28 heavy (non-hydrogen) atoms. The predicted octanol–water partition coefficient (Wildman–Crippen LogP) is 2.50. The Labute approximate surface area is 161 Å². The van der Waals surface area contributed by atoms with E-state index in [1.165, 1.54) is 5.69 Å². The number of fused-ring (bicyclic) bond motifs is 3. The second kappa shape index (κ2) is 6.83. The highest BCUT2D eigenvalue weighted by atomic mass is 16.4. The molecular formula is C21H23N3O4. The maximum absolute atomic E-state index is 12.2. The second-order valence-electron chi connectivity index (χ2n) is 7.23. The molecule has 1 atom stereocenters. The number of hydrogen-bond acceptors (Lipinski definition) is 4. The third-order valence-corrected chi connectivity index (χ3v) is 5.69. The number of aromatic amines is 1. The van der Waals surface area contributed by atoms with Gasteiger partial charge in [-0.1, -0.05) is 13.0 Å². The van der Waals surface area contributed by atoms with E-state index >= 15 is 0 Å². The summed E-state index contributed by atoms with van der Waals surface area (Å²) in [7, 11) is 1.98. The maximum atomic E-state index is 12.2. The van der Waals surface area contributed by atoms with Gasteiger partial charge >= 0.3 is 5.97 Å². The number of likely N-dealkylation sites (N-methyl/N-ethyl adjacent to an activating group) is 1. The van der Waals surface area contributed by atoms with Gasteiger partial charge in [0.05, 0.1) is 5.69 Å². The monoisotopic (exact) mass is 381 g/mol. The number of hydrogen-bond donors (Lipinski definition) is 4. The molecule has 0 saturated heterocycles. The zero-order valence-corrected chi connectivity index (χ0v) is 15.9. The van der Waals surface area contributed by atoms with Crippen molar-refractivity contribution >= 4 is 16.9 Å². The van der Waals surface area contributed by atoms with Crippen LogP contribution in [-0.2, 0) is 19.4 Å². The van der Waals surface area contributed by atoms with Crippen molar-refractivity contribution in [2.75, 3.05) is 7.05 Å². The minimum atomic E-state index is -1.44. The van der Waals surface area contributed by atoms with Crippen LogP contribution in [0.25, 0.3) is 22.2 Å². The zero-order chi connectivity index (χ0) is 20.0. The molecule has 0 bridgehead atoms. The van der Waals surface area contributed by atoms with E-state index in [2.05, 4.69) is 20.9 Å². The van der Waals surface area contributed by atoms with Gasteiger partial charge in [-0.05, 0) is 50.1 Å². The van der Waals surface area contributed by atoms with Gasteiger partial charge in [-0.25, -0.2) is 4.79 Å². The van der Waals surface area contributed by atoms with Crippen molar-refractivity contribution in [3.8, 4) is 17.0 Å². The van der Waals surface area contributed by atoms with Crippen molar-refractivity contribution in [3.05, 3.63) is 51.4 Å². The van der Waals surface area contributed by atoms with Crippen LogP contribution < -0.4 is 10.9 Å². The highest BCUT2D eigenvalue weighted by molar-refractivity contribution is 5.92. The molecule has 3 aromatic rings. The summed E-state index contributed by atoms with van der Waals surface area (Å²) < 4.78 is 2.32. The predicted molar refractivity (Wildman–Crippen MR) is 107 cm³/mol. The van der Waals surface area contributed by atoms with E-state index in [1.54, 1.807) is 0 Å². The maximum Gasteiger partial charge on any atom is 0.345 e. The van der Waals surface area contributed by atoms with Gasteiger partial charge < -0.3 is 25.1 Å². The van der Waals surface area contributed by atoms with Crippen molar-refractivity contribution < 1.29 is 15.0 Å². The number of carboxylic acid groups (broad SMARTS) is 1. The molecule has 146 valence electrons. The SMILES string of the molecule is CCc1c(-c2ccc3c(c2)cc2n3CC(NC)CC2)[nH]c(=O)c(C(=O)O)c1O. The lowest BCUT2D eigenvalue weighted by atomic mass is 9.99. The van der Waals surface area contributed by atoms with Gasteiger partial charge in [0.2, 0.25) is 0 Å². The Bertz CT molecular complexity index is 1140. The summed E-state index contributed by atoms with van der Waals surface area (Å²) in [6, 6.07) is 8.53. The fraction of sp³-hybridized carbons (Fsp3) is 0.333. The molecule has 1 aliphatic heterocycles. The number of aromatic nitrogens is 2. The van der Waals surface area contributed by atoms with Crippen molar-refractivity contribution in [2.24, 2.45) is 0 Å². The summed E-state index contributed by atoms with van der Waals surface area (Å²) in [5, 5.41) is 24.0. The Morgan fingerprint density at radius 2 is 2.14 bits per heavy atom. The first-order chi connectivity index (χ1) is 13.4. The third-order valence-electron chi connectivity index (χ3n) is 5.69. The van der Waals surface area contributed by atoms with Gasteiger partial charge in [-0.2, -0.15) is 0 Å². The van der Waals surface area contributed by atoms with E-state index in [-0.39, 0.29) is 0 Å². The number of benzene rings is 1. The van der Waals surface area contributed by atoms with Crippen molar-refractivity contribution in [1.29, 1.82) is 0 Å². The number of nitrogens with one attached hydrogen (secondary N) is 2. The molecule has 1 aliphatic rings. The van der Waals surface area contributed by atoms with Crippen LogP contribution in [-0.4, -0.2) is 38.8 Å². The first-order valence-electron chi connectivity index (χ1n) is 9.45. The quantitative estimate of drug-likeness (QED) is 0.555. The lowest BCUT2D eigenvalue weighted by molar-refractivity contribution is 0.0691. The van der Waals surface area contributed by atoms with Gasteiger partial charge in [0, 0.05) is 34.7 Å². The Kier molecular flexibility index (Phi) is 4.47. The van der Waals surface area contributed by atoms with E-state index in [4.69, 9.17) is 0 Å². The van der Waals surface area contributed by atoms with Crippen LogP contribution in [0.3, 0.4) is 0 Å². The number of nitrogens with zero attached hydrogens (tertiary/aromatic N) is 1. The minimum Gasteiger partial charge on any atom is -0.506 e. The molecule has 0 aliphatic carbocycles. The molecule has 0 spiro atoms. The normalized spacial score (nSPS) is 16.3. The number of carboxylic acids is 1. The molecule has 0 fully saturated rings.